The summed E-state index contributed by atoms with van der Waals surface area (Å²) in [6.45, 7) is 0.498. The van der Waals surface area contributed by atoms with E-state index >= 15 is 0 Å². The monoisotopic (exact) mass is 204 g/mol. The molecule has 5 heteroatoms. The Morgan fingerprint density at radius 1 is 1.53 bits per heavy atom. The van der Waals surface area contributed by atoms with Crippen LogP contribution in [-0.4, -0.2) is 14.3 Å². The lowest BCUT2D eigenvalue weighted by atomic mass is 10.3. The van der Waals surface area contributed by atoms with Gasteiger partial charge in [-0.25, -0.2) is 0 Å². The molecule has 0 saturated carbocycles. The number of aromatic nitrogens is 3. The Balaban J connectivity index is 2.32. The van der Waals surface area contributed by atoms with E-state index in [4.69, 9.17) is 5.73 Å². The van der Waals surface area contributed by atoms with Gasteiger partial charge in [-0.05, 0) is 12.1 Å². The maximum absolute atomic E-state index is 11.6. The van der Waals surface area contributed by atoms with E-state index in [0.29, 0.717) is 6.54 Å². The van der Waals surface area contributed by atoms with Crippen molar-refractivity contribution >= 4 is 5.69 Å². The SMILES string of the molecule is Cn1cc(Cn2cccc(N)c2=O)cn1. The third-order valence-corrected chi connectivity index (χ3v) is 2.16. The van der Waals surface area contributed by atoms with Crippen LogP contribution in [0, 0.1) is 0 Å². The second kappa shape index (κ2) is 3.61. The normalized spacial score (nSPS) is 10.5. The molecule has 0 aliphatic heterocycles. The Bertz CT molecular complexity index is 526. The molecule has 0 amide bonds. The first-order valence-electron chi connectivity index (χ1n) is 4.59. The Labute approximate surface area is 86.8 Å². The summed E-state index contributed by atoms with van der Waals surface area (Å²) in [6, 6.07) is 3.36. The first kappa shape index (κ1) is 9.51. The van der Waals surface area contributed by atoms with Crippen molar-refractivity contribution in [1.82, 2.24) is 14.3 Å². The van der Waals surface area contributed by atoms with E-state index in [0.717, 1.165) is 5.56 Å². The molecule has 78 valence electrons. The Morgan fingerprint density at radius 3 is 3.00 bits per heavy atom. The molecule has 0 spiro atoms. The summed E-state index contributed by atoms with van der Waals surface area (Å²) < 4.78 is 3.26. The number of nitrogens with two attached hydrogens (primary N) is 1. The number of nitrogen functional groups attached to an aromatic ring is 1. The second-order valence-electron chi connectivity index (χ2n) is 3.42. The average molecular weight is 204 g/mol. The smallest absolute Gasteiger partial charge is 0.273 e. The van der Waals surface area contributed by atoms with Gasteiger partial charge in [-0.15, -0.1) is 0 Å². The van der Waals surface area contributed by atoms with Gasteiger partial charge in [0.1, 0.15) is 0 Å². The highest BCUT2D eigenvalue weighted by Gasteiger charge is 2.01. The van der Waals surface area contributed by atoms with Crippen LogP contribution in [0.15, 0.2) is 35.5 Å². The molecule has 15 heavy (non-hydrogen) atoms. The van der Waals surface area contributed by atoms with Crippen LogP contribution in [0.25, 0.3) is 0 Å². The lowest BCUT2D eigenvalue weighted by Crippen LogP contribution is -2.22. The zero-order chi connectivity index (χ0) is 10.8. The zero-order valence-electron chi connectivity index (χ0n) is 8.42. The quantitative estimate of drug-likeness (QED) is 0.760. The van der Waals surface area contributed by atoms with Crippen LogP contribution in [0.1, 0.15) is 5.56 Å². The lowest BCUT2D eigenvalue weighted by molar-refractivity contribution is 0.751. The van der Waals surface area contributed by atoms with E-state index in [9.17, 15) is 4.79 Å². The molecule has 5 nitrogen and oxygen atoms in total. The summed E-state index contributed by atoms with van der Waals surface area (Å²) in [7, 11) is 1.84. The standard InChI is InChI=1S/C10H12N4O/c1-13-6-8(5-12-13)7-14-4-2-3-9(11)10(14)15/h2-6H,7,11H2,1H3. The molecular formula is C10H12N4O. The molecule has 0 fully saturated rings. The Morgan fingerprint density at radius 2 is 2.33 bits per heavy atom. The maximum Gasteiger partial charge on any atom is 0.273 e. The van der Waals surface area contributed by atoms with E-state index in [1.54, 1.807) is 33.8 Å². The van der Waals surface area contributed by atoms with E-state index in [1.807, 2.05) is 13.2 Å². The van der Waals surface area contributed by atoms with E-state index < -0.39 is 0 Å². The summed E-state index contributed by atoms with van der Waals surface area (Å²) in [6.07, 6.45) is 5.32. The van der Waals surface area contributed by atoms with Crippen LogP contribution in [-0.2, 0) is 13.6 Å². The van der Waals surface area contributed by atoms with Crippen molar-refractivity contribution in [2.24, 2.45) is 7.05 Å². The average Bonchev–Trinajstić information content (AvgIpc) is 2.59. The lowest BCUT2D eigenvalue weighted by Gasteiger charge is -2.03. The number of pyridine rings is 1. The number of rotatable bonds is 2. The van der Waals surface area contributed by atoms with Gasteiger partial charge in [-0.3, -0.25) is 9.48 Å². The van der Waals surface area contributed by atoms with Crippen LogP contribution < -0.4 is 11.3 Å². The predicted molar refractivity (Wildman–Crippen MR) is 57.4 cm³/mol. The van der Waals surface area contributed by atoms with Gasteiger partial charge in [0.25, 0.3) is 5.56 Å². The van der Waals surface area contributed by atoms with Gasteiger partial charge in [0.05, 0.1) is 18.4 Å². The van der Waals surface area contributed by atoms with Crippen LogP contribution in [0.4, 0.5) is 5.69 Å². The van der Waals surface area contributed by atoms with Crippen molar-refractivity contribution in [3.63, 3.8) is 0 Å². The maximum atomic E-state index is 11.6. The fraction of sp³-hybridized carbons (Fsp3) is 0.200. The minimum atomic E-state index is -0.165. The van der Waals surface area contributed by atoms with Crippen LogP contribution >= 0.6 is 0 Å². The highest BCUT2D eigenvalue weighted by Crippen LogP contribution is 2.00. The summed E-state index contributed by atoms with van der Waals surface area (Å²) in [5, 5.41) is 4.03. The number of anilines is 1. The molecule has 2 aromatic heterocycles. The van der Waals surface area contributed by atoms with Gasteiger partial charge in [-0.1, -0.05) is 0 Å². The molecule has 2 heterocycles. The minimum Gasteiger partial charge on any atom is -0.394 e. The Hall–Kier alpha value is -2.04. The highest BCUT2D eigenvalue weighted by molar-refractivity contribution is 5.33. The van der Waals surface area contributed by atoms with E-state index in [1.165, 1.54) is 0 Å². The summed E-state index contributed by atoms with van der Waals surface area (Å²) >= 11 is 0. The summed E-state index contributed by atoms with van der Waals surface area (Å²) in [5.74, 6) is 0. The fourth-order valence-corrected chi connectivity index (χ4v) is 1.43. The first-order chi connectivity index (χ1) is 7.16. The number of hydrogen-bond acceptors (Lipinski definition) is 3. The molecule has 0 aromatic carbocycles. The van der Waals surface area contributed by atoms with Crippen molar-refractivity contribution in [3.05, 3.63) is 46.6 Å². The topological polar surface area (TPSA) is 65.8 Å². The fourth-order valence-electron chi connectivity index (χ4n) is 1.43. The predicted octanol–water partition coefficient (Wildman–Crippen LogP) is 0.212. The van der Waals surface area contributed by atoms with Gasteiger partial charge in [-0.2, -0.15) is 5.10 Å². The van der Waals surface area contributed by atoms with Gasteiger partial charge in [0.15, 0.2) is 0 Å². The molecule has 2 aromatic rings. The molecule has 0 bridgehead atoms. The minimum absolute atomic E-state index is 0.165. The molecule has 0 unspecified atom stereocenters. The molecular weight excluding hydrogens is 192 g/mol. The van der Waals surface area contributed by atoms with Crippen LogP contribution in [0.3, 0.4) is 0 Å². The van der Waals surface area contributed by atoms with Crippen LogP contribution in [0.2, 0.25) is 0 Å². The third-order valence-electron chi connectivity index (χ3n) is 2.16. The molecule has 0 radical (unpaired) electrons. The van der Waals surface area contributed by atoms with Crippen molar-refractivity contribution in [2.45, 2.75) is 6.54 Å². The zero-order valence-corrected chi connectivity index (χ0v) is 8.42. The molecule has 2 N–H and O–H groups in total. The Kier molecular flexibility index (Phi) is 2.29. The van der Waals surface area contributed by atoms with Gasteiger partial charge in [0, 0.05) is 25.0 Å². The third kappa shape index (κ3) is 1.90. The van der Waals surface area contributed by atoms with Gasteiger partial charge >= 0.3 is 0 Å². The van der Waals surface area contributed by atoms with Crippen molar-refractivity contribution in [2.75, 3.05) is 5.73 Å². The molecule has 0 saturated heterocycles. The molecule has 0 aliphatic rings. The number of aryl methyl sites for hydroxylation is 1. The highest BCUT2D eigenvalue weighted by atomic mass is 16.1. The molecule has 0 atom stereocenters. The van der Waals surface area contributed by atoms with Crippen molar-refractivity contribution < 1.29 is 0 Å². The number of hydrogen-bond donors (Lipinski definition) is 1. The summed E-state index contributed by atoms with van der Waals surface area (Å²) in [4.78, 5) is 11.6. The van der Waals surface area contributed by atoms with Crippen LogP contribution in [0.5, 0.6) is 0 Å². The van der Waals surface area contributed by atoms with Gasteiger partial charge < -0.3 is 10.3 Å². The van der Waals surface area contributed by atoms with Crippen molar-refractivity contribution in [1.29, 1.82) is 0 Å². The van der Waals surface area contributed by atoms with E-state index in [-0.39, 0.29) is 11.2 Å². The first-order valence-corrected chi connectivity index (χ1v) is 4.59. The second-order valence-corrected chi connectivity index (χ2v) is 3.42. The number of nitrogens with zero attached hydrogens (tertiary/aromatic N) is 3. The van der Waals surface area contributed by atoms with E-state index in [2.05, 4.69) is 5.10 Å². The van der Waals surface area contributed by atoms with Crippen molar-refractivity contribution in [3.8, 4) is 0 Å². The summed E-state index contributed by atoms with van der Waals surface area (Å²) in [5.41, 5.74) is 6.60. The largest absolute Gasteiger partial charge is 0.394 e. The van der Waals surface area contributed by atoms with Gasteiger partial charge in [0.2, 0.25) is 0 Å². The molecule has 2 rings (SSSR count). The molecule has 0 aliphatic carbocycles.